The van der Waals surface area contributed by atoms with E-state index in [1.54, 1.807) is 12.1 Å². The Balaban J connectivity index is 1.47. The van der Waals surface area contributed by atoms with Gasteiger partial charge in [-0.05, 0) is 24.6 Å². The lowest BCUT2D eigenvalue weighted by Gasteiger charge is -2.31. The first-order chi connectivity index (χ1) is 16.6. The number of imidazole rings is 1. The van der Waals surface area contributed by atoms with Gasteiger partial charge in [-0.1, -0.05) is 11.6 Å². The minimum atomic E-state index is -3.09. The van der Waals surface area contributed by atoms with Crippen LogP contribution in [0.25, 0.3) is 22.4 Å². The van der Waals surface area contributed by atoms with Gasteiger partial charge in [0.1, 0.15) is 33.6 Å². The van der Waals surface area contributed by atoms with Gasteiger partial charge in [0, 0.05) is 24.3 Å². The van der Waals surface area contributed by atoms with Crippen molar-refractivity contribution in [3.05, 3.63) is 35.1 Å². The van der Waals surface area contributed by atoms with Crippen LogP contribution in [0.4, 0.5) is 4.39 Å². The number of fused-ring (bicyclic) bond motifs is 1. The zero-order valence-electron chi connectivity index (χ0n) is 18.8. The molecule has 35 heavy (non-hydrogen) atoms. The number of halogens is 2. The number of aliphatic hydroxyl groups is 2. The molecular formula is C22H25ClFN3O7S. The number of aromatic nitrogens is 3. The maximum absolute atomic E-state index is 14.8. The van der Waals surface area contributed by atoms with Crippen molar-refractivity contribution in [3.63, 3.8) is 0 Å². The predicted octanol–water partition coefficient (Wildman–Crippen LogP) is 2.12. The summed E-state index contributed by atoms with van der Waals surface area (Å²) in [4.78, 5) is 11.6. The molecule has 0 amide bonds. The second-order valence-corrected chi connectivity index (χ2v) is 11.0. The maximum Gasteiger partial charge on any atom is 0.296 e. The van der Waals surface area contributed by atoms with Crippen molar-refractivity contribution in [3.8, 4) is 23.0 Å². The van der Waals surface area contributed by atoms with Crippen LogP contribution in [0.2, 0.25) is 5.02 Å². The fourth-order valence-corrected chi connectivity index (χ4v) is 4.57. The number of ether oxygens (including phenoxy) is 3. The molecule has 13 heteroatoms. The standard InChI is InChI=1S/C22H25ClFN3O7S/c1-35(30,31)6-2-5-32-12-3-4-14(16(24)7-12)20-15(23)9-17-21(26-20)27-22(25-17)34-13-8-18(29)19(10-28)33-11-13/h3-4,7,9,13,18-19,28-29H,2,5-6,8,10-11H2,1H3,(H,25,26,27)/t13?,18-,19+/m0/s1. The van der Waals surface area contributed by atoms with Crippen molar-refractivity contribution in [2.24, 2.45) is 0 Å². The topological polar surface area (TPSA) is 144 Å². The molecule has 0 bridgehead atoms. The summed E-state index contributed by atoms with van der Waals surface area (Å²) < 4.78 is 53.8. The van der Waals surface area contributed by atoms with Gasteiger partial charge in [0.05, 0.1) is 47.9 Å². The molecule has 2 aromatic heterocycles. The van der Waals surface area contributed by atoms with E-state index in [-0.39, 0.29) is 65.7 Å². The number of hydrogen-bond acceptors (Lipinski definition) is 9. The Morgan fingerprint density at radius 2 is 2.11 bits per heavy atom. The van der Waals surface area contributed by atoms with Gasteiger partial charge in [-0.3, -0.25) is 0 Å². The first kappa shape index (κ1) is 25.6. The molecule has 0 radical (unpaired) electrons. The quantitative estimate of drug-likeness (QED) is 0.355. The molecule has 3 heterocycles. The van der Waals surface area contributed by atoms with Crippen molar-refractivity contribution in [2.45, 2.75) is 31.2 Å². The van der Waals surface area contributed by atoms with Crippen LogP contribution in [0.3, 0.4) is 0 Å². The zero-order chi connectivity index (χ0) is 25.2. The second kappa shape index (κ2) is 10.6. The summed E-state index contributed by atoms with van der Waals surface area (Å²) in [6.07, 6.45) is -0.291. The molecule has 0 spiro atoms. The maximum atomic E-state index is 14.8. The lowest BCUT2D eigenvalue weighted by molar-refractivity contribution is -0.131. The smallest absolute Gasteiger partial charge is 0.296 e. The van der Waals surface area contributed by atoms with E-state index in [0.29, 0.717) is 11.9 Å². The summed E-state index contributed by atoms with van der Waals surface area (Å²) in [6, 6.07) is 5.91. The number of rotatable bonds is 9. The summed E-state index contributed by atoms with van der Waals surface area (Å²) in [7, 11) is -3.09. The molecule has 1 aliphatic heterocycles. The summed E-state index contributed by atoms with van der Waals surface area (Å²) in [5.74, 6) is -0.370. The summed E-state index contributed by atoms with van der Waals surface area (Å²) >= 11 is 6.36. The average Bonchev–Trinajstić information content (AvgIpc) is 3.17. The van der Waals surface area contributed by atoms with Gasteiger partial charge in [-0.15, -0.1) is 0 Å². The fraction of sp³-hybridized carbons (Fsp3) is 0.455. The van der Waals surface area contributed by atoms with E-state index in [9.17, 15) is 17.9 Å². The number of benzene rings is 1. The Kier molecular flexibility index (Phi) is 7.77. The number of aromatic amines is 1. The van der Waals surface area contributed by atoms with E-state index in [1.807, 2.05) is 0 Å². The third-order valence-electron chi connectivity index (χ3n) is 5.42. The Hall–Kier alpha value is -2.51. The van der Waals surface area contributed by atoms with Crippen LogP contribution in [0.15, 0.2) is 24.3 Å². The summed E-state index contributed by atoms with van der Waals surface area (Å²) in [6.45, 7) is 0.0276. The molecule has 1 aromatic carbocycles. The molecule has 190 valence electrons. The van der Waals surface area contributed by atoms with Crippen molar-refractivity contribution < 1.29 is 37.2 Å². The van der Waals surface area contributed by atoms with Gasteiger partial charge in [0.25, 0.3) is 6.01 Å². The Morgan fingerprint density at radius 1 is 1.31 bits per heavy atom. The van der Waals surface area contributed by atoms with E-state index >= 15 is 0 Å². The molecule has 3 N–H and O–H groups in total. The van der Waals surface area contributed by atoms with Gasteiger partial charge >= 0.3 is 0 Å². The number of nitrogens with one attached hydrogen (secondary N) is 1. The average molecular weight is 530 g/mol. The summed E-state index contributed by atoms with van der Waals surface area (Å²) in [5, 5.41) is 19.4. The number of pyridine rings is 1. The predicted molar refractivity (Wildman–Crippen MR) is 126 cm³/mol. The number of nitrogens with zero attached hydrogens (tertiary/aromatic N) is 2. The van der Waals surface area contributed by atoms with E-state index in [2.05, 4.69) is 15.0 Å². The normalized spacial score (nSPS) is 20.8. The lowest BCUT2D eigenvalue weighted by atomic mass is 10.0. The minimum Gasteiger partial charge on any atom is -0.493 e. The Morgan fingerprint density at radius 3 is 2.80 bits per heavy atom. The first-order valence-corrected chi connectivity index (χ1v) is 13.3. The van der Waals surface area contributed by atoms with Crippen molar-refractivity contribution in [2.75, 3.05) is 31.8 Å². The minimum absolute atomic E-state index is 0.0139. The third-order valence-corrected chi connectivity index (χ3v) is 6.74. The van der Waals surface area contributed by atoms with E-state index in [4.69, 9.17) is 30.9 Å². The van der Waals surface area contributed by atoms with Crippen LogP contribution < -0.4 is 9.47 Å². The van der Waals surface area contributed by atoms with Crippen LogP contribution >= 0.6 is 11.6 Å². The highest BCUT2D eigenvalue weighted by atomic mass is 35.5. The van der Waals surface area contributed by atoms with Crippen LogP contribution in [0, 0.1) is 5.82 Å². The molecule has 0 aliphatic carbocycles. The van der Waals surface area contributed by atoms with Gasteiger partial charge in [0.2, 0.25) is 0 Å². The number of hydrogen-bond donors (Lipinski definition) is 3. The van der Waals surface area contributed by atoms with Crippen molar-refractivity contribution in [1.82, 2.24) is 15.0 Å². The molecule has 4 rings (SSSR count). The largest absolute Gasteiger partial charge is 0.493 e. The first-order valence-electron chi connectivity index (χ1n) is 10.9. The lowest BCUT2D eigenvalue weighted by Crippen LogP contribution is -2.45. The number of H-pyrrole nitrogens is 1. The highest BCUT2D eigenvalue weighted by Gasteiger charge is 2.31. The molecule has 1 aliphatic rings. The van der Waals surface area contributed by atoms with Gasteiger partial charge in [-0.2, -0.15) is 4.98 Å². The molecule has 10 nitrogen and oxygen atoms in total. The molecule has 3 aromatic rings. The Bertz CT molecular complexity index is 1300. The monoisotopic (exact) mass is 529 g/mol. The second-order valence-electron chi connectivity index (χ2n) is 8.30. The third kappa shape index (κ3) is 6.39. The highest BCUT2D eigenvalue weighted by molar-refractivity contribution is 7.90. The highest BCUT2D eigenvalue weighted by Crippen LogP contribution is 2.33. The summed E-state index contributed by atoms with van der Waals surface area (Å²) in [5.41, 5.74) is 1.06. The van der Waals surface area contributed by atoms with Gasteiger partial charge in [0.15, 0.2) is 5.65 Å². The molecule has 3 atom stereocenters. The van der Waals surface area contributed by atoms with Crippen molar-refractivity contribution in [1.29, 1.82) is 0 Å². The Labute approximate surface area is 205 Å². The fourth-order valence-electron chi connectivity index (χ4n) is 3.67. The van der Waals surface area contributed by atoms with Crippen LogP contribution in [-0.2, 0) is 14.6 Å². The van der Waals surface area contributed by atoms with Gasteiger partial charge < -0.3 is 29.4 Å². The van der Waals surface area contributed by atoms with E-state index < -0.39 is 34.0 Å². The molecule has 1 saturated heterocycles. The zero-order valence-corrected chi connectivity index (χ0v) is 20.4. The van der Waals surface area contributed by atoms with Crippen LogP contribution in [-0.4, -0.2) is 83.7 Å². The van der Waals surface area contributed by atoms with E-state index in [1.165, 1.54) is 12.1 Å². The number of aliphatic hydroxyl groups excluding tert-OH is 2. The molecule has 0 saturated carbocycles. The van der Waals surface area contributed by atoms with Gasteiger partial charge in [-0.25, -0.2) is 17.8 Å². The molecular weight excluding hydrogens is 505 g/mol. The van der Waals surface area contributed by atoms with Crippen LogP contribution in [0.1, 0.15) is 12.8 Å². The molecule has 1 unspecified atom stereocenters. The number of sulfone groups is 1. The van der Waals surface area contributed by atoms with Crippen molar-refractivity contribution >= 4 is 32.6 Å². The van der Waals surface area contributed by atoms with E-state index in [0.717, 1.165) is 6.26 Å². The van der Waals surface area contributed by atoms with Crippen LogP contribution in [0.5, 0.6) is 11.8 Å². The SMILES string of the molecule is CS(=O)(=O)CCCOc1ccc(-c2nc3nc(OC4CO[C@H](CO)[C@@H](O)C4)[nH]c3cc2Cl)c(F)c1. The molecule has 1 fully saturated rings.